The van der Waals surface area contributed by atoms with Crippen LogP contribution in [-0.2, 0) is 10.0 Å². The smallest absolute Gasteiger partial charge is 0.335 e. The number of aromatic carboxylic acids is 1. The highest BCUT2D eigenvalue weighted by atomic mass is 32.2. The summed E-state index contributed by atoms with van der Waals surface area (Å²) < 4.78 is 30.9. The Bertz CT molecular complexity index is 766. The van der Waals surface area contributed by atoms with Crippen molar-refractivity contribution >= 4 is 22.0 Å². The minimum Gasteiger partial charge on any atom is -0.478 e. The van der Waals surface area contributed by atoms with Crippen LogP contribution in [0, 0.1) is 13.8 Å². The molecule has 0 bridgehead atoms. The maximum Gasteiger partial charge on any atom is 0.335 e. The Morgan fingerprint density at radius 1 is 1.35 bits per heavy atom. The molecule has 1 aromatic heterocycles. The lowest BCUT2D eigenvalue weighted by Gasteiger charge is -2.06. The molecule has 2 aromatic rings. The topological polar surface area (TPSA) is 122 Å². The van der Waals surface area contributed by atoms with Crippen molar-refractivity contribution in [1.82, 2.24) is 10.1 Å². The van der Waals surface area contributed by atoms with Crippen molar-refractivity contribution in [2.75, 3.05) is 4.72 Å². The Morgan fingerprint density at radius 2 is 2.05 bits per heavy atom. The molecule has 1 aromatic carbocycles. The molecule has 0 saturated heterocycles. The average molecular weight is 297 g/mol. The van der Waals surface area contributed by atoms with Crippen molar-refractivity contribution in [2.45, 2.75) is 18.7 Å². The lowest BCUT2D eigenvalue weighted by molar-refractivity contribution is 0.0696. The molecule has 0 spiro atoms. The molecule has 0 unspecified atom stereocenters. The first-order chi connectivity index (χ1) is 9.29. The van der Waals surface area contributed by atoms with E-state index in [1.165, 1.54) is 19.1 Å². The van der Waals surface area contributed by atoms with Crippen molar-refractivity contribution in [1.29, 1.82) is 0 Å². The van der Waals surface area contributed by atoms with E-state index in [1.807, 2.05) is 0 Å². The largest absolute Gasteiger partial charge is 0.478 e. The fraction of sp³-hybridized carbons (Fsp3) is 0.182. The number of anilines is 1. The maximum absolute atomic E-state index is 12.1. The third kappa shape index (κ3) is 2.77. The Hall–Kier alpha value is -2.42. The van der Waals surface area contributed by atoms with Crippen LogP contribution in [0.4, 0.5) is 6.01 Å². The molecular weight excluding hydrogens is 286 g/mol. The normalized spacial score (nSPS) is 11.3. The van der Waals surface area contributed by atoms with Gasteiger partial charge in [0, 0.05) is 0 Å². The number of aryl methyl sites for hydroxylation is 2. The minimum atomic E-state index is -3.98. The van der Waals surface area contributed by atoms with Crippen molar-refractivity contribution < 1.29 is 22.8 Å². The summed E-state index contributed by atoms with van der Waals surface area (Å²) in [6.45, 7) is 3.12. The second-order valence-electron chi connectivity index (χ2n) is 4.03. The van der Waals surface area contributed by atoms with Gasteiger partial charge in [0.15, 0.2) is 5.82 Å². The minimum absolute atomic E-state index is 0.0883. The first kappa shape index (κ1) is 14.0. The first-order valence-electron chi connectivity index (χ1n) is 5.46. The molecule has 106 valence electrons. The van der Waals surface area contributed by atoms with Crippen LogP contribution in [0.2, 0.25) is 0 Å². The van der Waals surface area contributed by atoms with Crippen LogP contribution in [0.5, 0.6) is 0 Å². The SMILES string of the molecule is Cc1noc(NS(=O)(=O)c2ccc(C)c(C(=O)O)c2)n1. The van der Waals surface area contributed by atoms with Gasteiger partial charge in [-0.25, -0.2) is 17.9 Å². The molecule has 9 heteroatoms. The van der Waals surface area contributed by atoms with E-state index in [1.54, 1.807) is 6.92 Å². The van der Waals surface area contributed by atoms with E-state index in [-0.39, 0.29) is 22.3 Å². The number of carboxylic acid groups (broad SMARTS) is 1. The highest BCUT2D eigenvalue weighted by molar-refractivity contribution is 7.92. The highest BCUT2D eigenvalue weighted by Crippen LogP contribution is 2.18. The Kier molecular flexibility index (Phi) is 3.45. The maximum atomic E-state index is 12.1. The fourth-order valence-corrected chi connectivity index (χ4v) is 2.46. The average Bonchev–Trinajstić information content (AvgIpc) is 2.73. The number of sulfonamides is 1. The van der Waals surface area contributed by atoms with E-state index in [4.69, 9.17) is 5.11 Å². The number of carboxylic acids is 1. The molecule has 0 saturated carbocycles. The third-order valence-electron chi connectivity index (χ3n) is 2.50. The summed E-state index contributed by atoms with van der Waals surface area (Å²) in [6.07, 6.45) is 0. The number of rotatable bonds is 4. The number of aromatic nitrogens is 2. The molecule has 20 heavy (non-hydrogen) atoms. The summed E-state index contributed by atoms with van der Waals surface area (Å²) >= 11 is 0. The standard InChI is InChI=1S/C11H11N3O5S/c1-6-3-4-8(5-9(6)10(15)16)20(17,18)14-11-12-7(2)13-19-11/h3-5H,1-2H3,(H,15,16)(H,12,13,14). The summed E-state index contributed by atoms with van der Waals surface area (Å²) in [5.74, 6) is -0.925. The summed E-state index contributed by atoms with van der Waals surface area (Å²) in [7, 11) is -3.98. The second-order valence-corrected chi connectivity index (χ2v) is 5.72. The van der Waals surface area contributed by atoms with Crippen LogP contribution in [0.1, 0.15) is 21.7 Å². The van der Waals surface area contributed by atoms with Gasteiger partial charge < -0.3 is 9.63 Å². The molecule has 1 heterocycles. The van der Waals surface area contributed by atoms with Crippen LogP contribution in [0.25, 0.3) is 0 Å². The zero-order chi connectivity index (χ0) is 14.9. The van der Waals surface area contributed by atoms with Crippen molar-refractivity contribution in [3.63, 3.8) is 0 Å². The number of nitrogens with zero attached hydrogens (tertiary/aromatic N) is 2. The van der Waals surface area contributed by atoms with E-state index in [0.29, 0.717) is 5.56 Å². The van der Waals surface area contributed by atoms with E-state index >= 15 is 0 Å². The second kappa shape index (κ2) is 4.93. The molecule has 0 amide bonds. The Labute approximate surface area is 114 Å². The van der Waals surface area contributed by atoms with Crippen LogP contribution >= 0.6 is 0 Å². The molecule has 0 atom stereocenters. The number of hydrogen-bond donors (Lipinski definition) is 2. The monoisotopic (exact) mass is 297 g/mol. The molecule has 0 aliphatic heterocycles. The van der Waals surface area contributed by atoms with Crippen LogP contribution < -0.4 is 4.72 Å². The number of hydrogen-bond acceptors (Lipinski definition) is 6. The van der Waals surface area contributed by atoms with Gasteiger partial charge in [-0.2, -0.15) is 4.98 Å². The lowest BCUT2D eigenvalue weighted by atomic mass is 10.1. The van der Waals surface area contributed by atoms with Crippen molar-refractivity contribution in [2.24, 2.45) is 0 Å². The Balaban J connectivity index is 2.39. The van der Waals surface area contributed by atoms with Gasteiger partial charge in [0.2, 0.25) is 0 Å². The van der Waals surface area contributed by atoms with Gasteiger partial charge in [0.05, 0.1) is 10.5 Å². The first-order valence-corrected chi connectivity index (χ1v) is 6.95. The van der Waals surface area contributed by atoms with Gasteiger partial charge in [-0.05, 0) is 31.5 Å². The zero-order valence-corrected chi connectivity index (χ0v) is 11.4. The number of nitrogens with one attached hydrogen (secondary N) is 1. The fourth-order valence-electron chi connectivity index (χ4n) is 1.51. The van der Waals surface area contributed by atoms with Crippen LogP contribution in [0.3, 0.4) is 0 Å². The molecule has 0 aliphatic carbocycles. The quantitative estimate of drug-likeness (QED) is 0.868. The molecule has 0 fully saturated rings. The highest BCUT2D eigenvalue weighted by Gasteiger charge is 2.20. The molecule has 0 radical (unpaired) electrons. The summed E-state index contributed by atoms with van der Waals surface area (Å²) in [6, 6.07) is 3.51. The number of carbonyl (C=O) groups is 1. The van der Waals surface area contributed by atoms with E-state index in [0.717, 1.165) is 6.07 Å². The van der Waals surface area contributed by atoms with Gasteiger partial charge in [-0.1, -0.05) is 11.2 Å². The van der Waals surface area contributed by atoms with Crippen molar-refractivity contribution in [3.05, 3.63) is 35.2 Å². The van der Waals surface area contributed by atoms with Crippen LogP contribution in [-0.4, -0.2) is 29.6 Å². The van der Waals surface area contributed by atoms with Crippen LogP contribution in [0.15, 0.2) is 27.6 Å². The van der Waals surface area contributed by atoms with Gasteiger partial charge in [0.1, 0.15) is 0 Å². The predicted octanol–water partition coefficient (Wildman–Crippen LogP) is 1.19. The predicted molar refractivity (Wildman–Crippen MR) is 68.0 cm³/mol. The van der Waals surface area contributed by atoms with E-state index < -0.39 is 16.0 Å². The van der Waals surface area contributed by atoms with Crippen molar-refractivity contribution in [3.8, 4) is 0 Å². The zero-order valence-electron chi connectivity index (χ0n) is 10.6. The summed E-state index contributed by atoms with van der Waals surface area (Å²) in [5, 5.41) is 12.4. The number of benzene rings is 1. The van der Waals surface area contributed by atoms with E-state index in [9.17, 15) is 13.2 Å². The molecule has 2 rings (SSSR count). The summed E-state index contributed by atoms with van der Waals surface area (Å²) in [4.78, 5) is 14.5. The lowest BCUT2D eigenvalue weighted by Crippen LogP contribution is -2.14. The third-order valence-corrected chi connectivity index (χ3v) is 3.82. The van der Waals surface area contributed by atoms with Gasteiger partial charge in [0.25, 0.3) is 10.0 Å². The van der Waals surface area contributed by atoms with Gasteiger partial charge in [-0.3, -0.25) is 0 Å². The molecule has 2 N–H and O–H groups in total. The molecule has 8 nitrogen and oxygen atoms in total. The van der Waals surface area contributed by atoms with Gasteiger partial charge >= 0.3 is 12.0 Å². The Morgan fingerprint density at radius 3 is 2.60 bits per heavy atom. The summed E-state index contributed by atoms with van der Waals surface area (Å²) in [5.41, 5.74) is 0.375. The van der Waals surface area contributed by atoms with E-state index in [2.05, 4.69) is 19.4 Å². The molecule has 0 aliphatic rings. The molecular formula is C11H11N3O5S. The van der Waals surface area contributed by atoms with Gasteiger partial charge in [-0.15, -0.1) is 0 Å².